The van der Waals surface area contributed by atoms with E-state index in [1.54, 1.807) is 12.4 Å². The number of carbonyl (C=O) groups is 1. The van der Waals surface area contributed by atoms with Gasteiger partial charge < -0.3 is 10.6 Å². The zero-order chi connectivity index (χ0) is 14.0. The third-order valence-corrected chi connectivity index (χ3v) is 3.57. The summed E-state index contributed by atoms with van der Waals surface area (Å²) in [5.41, 5.74) is 7.01. The van der Waals surface area contributed by atoms with Gasteiger partial charge >= 0.3 is 0 Å². The van der Waals surface area contributed by atoms with Gasteiger partial charge in [-0.1, -0.05) is 20.8 Å². The van der Waals surface area contributed by atoms with Crippen molar-refractivity contribution in [1.29, 1.82) is 0 Å². The third-order valence-electron chi connectivity index (χ3n) is 3.57. The van der Waals surface area contributed by atoms with Crippen LogP contribution < -0.4 is 5.73 Å². The Bertz CT molecular complexity index is 434. The Balaban J connectivity index is 2.10. The maximum Gasteiger partial charge on any atom is 0.240 e. The quantitative estimate of drug-likeness (QED) is 0.901. The van der Waals surface area contributed by atoms with Crippen molar-refractivity contribution in [3.8, 4) is 0 Å². The van der Waals surface area contributed by atoms with Crippen LogP contribution in [0.3, 0.4) is 0 Å². The molecule has 0 aromatic carbocycles. The average molecular weight is 261 g/mol. The highest BCUT2D eigenvalue weighted by Gasteiger charge is 2.38. The van der Waals surface area contributed by atoms with E-state index in [1.807, 2.05) is 37.8 Å². The molecule has 2 rings (SSSR count). The molecule has 19 heavy (non-hydrogen) atoms. The highest BCUT2D eigenvalue weighted by Crippen LogP contribution is 2.30. The standard InChI is InChI=1S/C15H23N3O/c1-15(2,3)13(16)14(19)18(12-4-5-12)10-11-6-8-17-9-7-11/h6-9,12-13H,4-5,10,16H2,1-3H3. The molecule has 0 saturated heterocycles. The Labute approximate surface area is 115 Å². The first-order valence-corrected chi connectivity index (χ1v) is 6.84. The Morgan fingerprint density at radius 1 is 1.42 bits per heavy atom. The Morgan fingerprint density at radius 3 is 2.47 bits per heavy atom. The molecule has 1 aliphatic carbocycles. The molecule has 1 aromatic heterocycles. The molecular weight excluding hydrogens is 238 g/mol. The van der Waals surface area contributed by atoms with Crippen LogP contribution in [0.25, 0.3) is 0 Å². The van der Waals surface area contributed by atoms with E-state index >= 15 is 0 Å². The maximum atomic E-state index is 12.6. The van der Waals surface area contributed by atoms with Gasteiger partial charge in [-0.25, -0.2) is 0 Å². The van der Waals surface area contributed by atoms with E-state index in [1.165, 1.54) is 0 Å². The minimum absolute atomic E-state index is 0.0619. The molecule has 0 aliphatic heterocycles. The number of amides is 1. The number of hydrogen-bond donors (Lipinski definition) is 1. The van der Waals surface area contributed by atoms with E-state index in [0.29, 0.717) is 12.6 Å². The minimum Gasteiger partial charge on any atom is -0.334 e. The molecule has 4 nitrogen and oxygen atoms in total. The molecule has 1 aliphatic rings. The summed E-state index contributed by atoms with van der Waals surface area (Å²) in [7, 11) is 0. The Kier molecular flexibility index (Phi) is 3.90. The summed E-state index contributed by atoms with van der Waals surface area (Å²) in [6.45, 7) is 6.66. The smallest absolute Gasteiger partial charge is 0.240 e. The summed E-state index contributed by atoms with van der Waals surface area (Å²) in [6.07, 6.45) is 5.70. The van der Waals surface area contributed by atoms with Crippen LogP contribution in [-0.2, 0) is 11.3 Å². The van der Waals surface area contributed by atoms with E-state index in [-0.39, 0.29) is 11.3 Å². The number of pyridine rings is 1. The first kappa shape index (κ1) is 14.0. The van der Waals surface area contributed by atoms with Crippen LogP contribution in [0, 0.1) is 5.41 Å². The van der Waals surface area contributed by atoms with E-state index in [4.69, 9.17) is 5.73 Å². The van der Waals surface area contributed by atoms with Crippen molar-refractivity contribution < 1.29 is 4.79 Å². The number of rotatable bonds is 4. The average Bonchev–Trinajstić information content (AvgIpc) is 3.18. The second kappa shape index (κ2) is 5.29. The molecule has 0 bridgehead atoms. The predicted molar refractivity (Wildman–Crippen MR) is 75.2 cm³/mol. The lowest BCUT2D eigenvalue weighted by Crippen LogP contribution is -2.50. The molecule has 1 fully saturated rings. The van der Waals surface area contributed by atoms with Crippen molar-refractivity contribution in [3.05, 3.63) is 30.1 Å². The highest BCUT2D eigenvalue weighted by atomic mass is 16.2. The van der Waals surface area contributed by atoms with E-state index in [9.17, 15) is 4.79 Å². The molecule has 1 heterocycles. The van der Waals surface area contributed by atoms with Gasteiger partial charge in [0.1, 0.15) is 0 Å². The molecule has 1 aromatic rings. The van der Waals surface area contributed by atoms with Crippen molar-refractivity contribution in [2.24, 2.45) is 11.1 Å². The third kappa shape index (κ3) is 3.53. The first-order valence-electron chi connectivity index (χ1n) is 6.84. The van der Waals surface area contributed by atoms with Crippen LogP contribution in [0.4, 0.5) is 0 Å². The van der Waals surface area contributed by atoms with E-state index in [0.717, 1.165) is 18.4 Å². The minimum atomic E-state index is -0.449. The topological polar surface area (TPSA) is 59.2 Å². The van der Waals surface area contributed by atoms with Crippen molar-refractivity contribution in [1.82, 2.24) is 9.88 Å². The summed E-state index contributed by atoms with van der Waals surface area (Å²) < 4.78 is 0. The number of aromatic nitrogens is 1. The van der Waals surface area contributed by atoms with Crippen molar-refractivity contribution >= 4 is 5.91 Å². The van der Waals surface area contributed by atoms with Gasteiger partial charge in [0.2, 0.25) is 5.91 Å². The van der Waals surface area contributed by atoms with Crippen LogP contribution in [0.5, 0.6) is 0 Å². The summed E-state index contributed by atoms with van der Waals surface area (Å²) >= 11 is 0. The van der Waals surface area contributed by atoms with E-state index < -0.39 is 6.04 Å². The summed E-state index contributed by atoms with van der Waals surface area (Å²) in [5.74, 6) is 0.0619. The van der Waals surface area contributed by atoms with Gasteiger partial charge in [0.05, 0.1) is 6.04 Å². The van der Waals surface area contributed by atoms with E-state index in [2.05, 4.69) is 4.98 Å². The van der Waals surface area contributed by atoms with Gasteiger partial charge in [-0.05, 0) is 36.0 Å². The lowest BCUT2D eigenvalue weighted by molar-refractivity contribution is -0.136. The van der Waals surface area contributed by atoms with Gasteiger partial charge in [0, 0.05) is 25.0 Å². The van der Waals surface area contributed by atoms with Gasteiger partial charge in [0.15, 0.2) is 0 Å². The zero-order valence-electron chi connectivity index (χ0n) is 12.0. The molecular formula is C15H23N3O. The van der Waals surface area contributed by atoms with Crippen LogP contribution in [0.15, 0.2) is 24.5 Å². The largest absolute Gasteiger partial charge is 0.334 e. The fourth-order valence-corrected chi connectivity index (χ4v) is 2.01. The second-order valence-electron chi connectivity index (χ2n) is 6.40. The molecule has 2 N–H and O–H groups in total. The zero-order valence-corrected chi connectivity index (χ0v) is 12.0. The van der Waals surface area contributed by atoms with Gasteiger partial charge in [-0.15, -0.1) is 0 Å². The molecule has 1 unspecified atom stereocenters. The number of nitrogens with zero attached hydrogens (tertiary/aromatic N) is 2. The first-order chi connectivity index (χ1) is 8.89. The van der Waals surface area contributed by atoms with Crippen LogP contribution in [-0.4, -0.2) is 27.9 Å². The predicted octanol–water partition coefficient (Wildman–Crippen LogP) is 1.95. The second-order valence-corrected chi connectivity index (χ2v) is 6.40. The fraction of sp³-hybridized carbons (Fsp3) is 0.600. The summed E-state index contributed by atoms with van der Waals surface area (Å²) in [5, 5.41) is 0. The molecule has 1 saturated carbocycles. The van der Waals surface area contributed by atoms with Gasteiger partial charge in [0.25, 0.3) is 0 Å². The van der Waals surface area contributed by atoms with Gasteiger partial charge in [-0.2, -0.15) is 0 Å². The molecule has 0 spiro atoms. The molecule has 1 amide bonds. The van der Waals surface area contributed by atoms with Crippen LogP contribution in [0.1, 0.15) is 39.2 Å². The van der Waals surface area contributed by atoms with Crippen molar-refractivity contribution in [3.63, 3.8) is 0 Å². The fourth-order valence-electron chi connectivity index (χ4n) is 2.01. The van der Waals surface area contributed by atoms with Crippen LogP contribution in [0.2, 0.25) is 0 Å². The molecule has 104 valence electrons. The number of nitrogens with two attached hydrogens (primary N) is 1. The monoisotopic (exact) mass is 261 g/mol. The highest BCUT2D eigenvalue weighted by molar-refractivity contribution is 5.83. The number of carbonyl (C=O) groups excluding carboxylic acids is 1. The van der Waals surface area contributed by atoms with Gasteiger partial charge in [-0.3, -0.25) is 9.78 Å². The molecule has 1 atom stereocenters. The molecule has 0 radical (unpaired) electrons. The van der Waals surface area contributed by atoms with Crippen molar-refractivity contribution in [2.75, 3.05) is 0 Å². The lowest BCUT2D eigenvalue weighted by Gasteiger charge is -2.32. The maximum absolute atomic E-state index is 12.6. The Morgan fingerprint density at radius 2 is 2.00 bits per heavy atom. The normalized spacial score (nSPS) is 17.1. The summed E-state index contributed by atoms with van der Waals surface area (Å²) in [6, 6.07) is 3.82. The number of hydrogen-bond acceptors (Lipinski definition) is 3. The Hall–Kier alpha value is -1.42. The lowest BCUT2D eigenvalue weighted by atomic mass is 9.86. The SMILES string of the molecule is CC(C)(C)C(N)C(=O)N(Cc1ccncc1)C1CC1. The van der Waals surface area contributed by atoms with Crippen molar-refractivity contribution in [2.45, 2.75) is 52.2 Å². The summed E-state index contributed by atoms with van der Waals surface area (Å²) in [4.78, 5) is 18.5. The molecule has 4 heteroatoms. The van der Waals surface area contributed by atoms with Crippen LogP contribution >= 0.6 is 0 Å².